The Balaban J connectivity index is 1.94. The lowest BCUT2D eigenvalue weighted by molar-refractivity contribution is 0.400. The summed E-state index contributed by atoms with van der Waals surface area (Å²) in [6, 6.07) is 16.6. The fourth-order valence-corrected chi connectivity index (χ4v) is 3.58. The topological polar surface area (TPSA) is 72.2 Å². The molecular formula is C17H16N2O3S. The van der Waals surface area contributed by atoms with Crippen molar-refractivity contribution in [3.05, 3.63) is 65.9 Å². The predicted octanol–water partition coefficient (Wildman–Crippen LogP) is 3.76. The van der Waals surface area contributed by atoms with Crippen LogP contribution in [0.5, 0.6) is 0 Å². The molecular weight excluding hydrogens is 312 g/mol. The van der Waals surface area contributed by atoms with Crippen molar-refractivity contribution in [2.24, 2.45) is 0 Å². The lowest BCUT2D eigenvalue weighted by Gasteiger charge is -2.10. The second kappa shape index (κ2) is 5.89. The molecule has 2 aromatic carbocycles. The zero-order chi connectivity index (χ0) is 16.4. The summed E-state index contributed by atoms with van der Waals surface area (Å²) in [6.45, 7) is 3.47. The highest BCUT2D eigenvalue weighted by molar-refractivity contribution is 7.92. The molecule has 1 aromatic heterocycles. The molecule has 0 unspecified atom stereocenters. The number of sulfonamides is 1. The number of aromatic nitrogens is 1. The Morgan fingerprint density at radius 3 is 2.30 bits per heavy atom. The van der Waals surface area contributed by atoms with E-state index in [1.54, 1.807) is 26.0 Å². The predicted molar refractivity (Wildman–Crippen MR) is 88.7 cm³/mol. The molecule has 3 aromatic rings. The smallest absolute Gasteiger partial charge is 0.263 e. The van der Waals surface area contributed by atoms with Gasteiger partial charge in [-0.2, -0.15) is 0 Å². The normalized spacial score (nSPS) is 11.4. The molecule has 0 atom stereocenters. The Morgan fingerprint density at radius 1 is 0.957 bits per heavy atom. The summed E-state index contributed by atoms with van der Waals surface area (Å²) >= 11 is 0. The quantitative estimate of drug-likeness (QED) is 0.791. The van der Waals surface area contributed by atoms with Crippen LogP contribution >= 0.6 is 0 Å². The van der Waals surface area contributed by atoms with Crippen molar-refractivity contribution in [1.82, 2.24) is 5.16 Å². The first-order valence-electron chi connectivity index (χ1n) is 7.08. The highest BCUT2D eigenvalue weighted by atomic mass is 32.2. The van der Waals surface area contributed by atoms with E-state index in [0.717, 1.165) is 11.1 Å². The van der Waals surface area contributed by atoms with E-state index in [4.69, 9.17) is 4.52 Å². The molecule has 0 fully saturated rings. The summed E-state index contributed by atoms with van der Waals surface area (Å²) in [7, 11) is -3.70. The van der Waals surface area contributed by atoms with E-state index in [1.165, 1.54) is 6.07 Å². The highest BCUT2D eigenvalue weighted by Crippen LogP contribution is 2.25. The fraction of sp³-hybridized carbons (Fsp3) is 0.118. The maximum Gasteiger partial charge on any atom is 0.263 e. The summed E-state index contributed by atoms with van der Waals surface area (Å²) < 4.78 is 32.3. The van der Waals surface area contributed by atoms with E-state index < -0.39 is 10.0 Å². The monoisotopic (exact) mass is 328 g/mol. The van der Waals surface area contributed by atoms with Crippen molar-refractivity contribution < 1.29 is 12.9 Å². The molecule has 23 heavy (non-hydrogen) atoms. The molecule has 0 saturated carbocycles. The number of anilines is 1. The van der Waals surface area contributed by atoms with Gasteiger partial charge in [0.25, 0.3) is 10.0 Å². The van der Waals surface area contributed by atoms with Gasteiger partial charge in [-0.1, -0.05) is 47.6 Å². The molecule has 0 radical (unpaired) electrons. The Labute approximate surface area is 135 Å². The number of nitrogens with zero attached hydrogens (tertiary/aromatic N) is 1. The van der Waals surface area contributed by atoms with Gasteiger partial charge in [-0.3, -0.25) is 4.72 Å². The number of rotatable bonds is 4. The third kappa shape index (κ3) is 3.27. The van der Waals surface area contributed by atoms with Crippen LogP contribution in [-0.2, 0) is 10.0 Å². The Bertz CT molecular complexity index is 931. The summed E-state index contributed by atoms with van der Waals surface area (Å²) in [5.41, 5.74) is 2.68. The minimum atomic E-state index is -3.70. The van der Waals surface area contributed by atoms with Crippen LogP contribution in [0.3, 0.4) is 0 Å². The molecule has 0 aliphatic rings. The van der Waals surface area contributed by atoms with Crippen LogP contribution in [0.1, 0.15) is 11.3 Å². The summed E-state index contributed by atoms with van der Waals surface area (Å²) in [5, 5.41) is 3.66. The second-order valence-electron chi connectivity index (χ2n) is 5.27. The van der Waals surface area contributed by atoms with Gasteiger partial charge in [-0.15, -0.1) is 0 Å². The van der Waals surface area contributed by atoms with Crippen molar-refractivity contribution in [1.29, 1.82) is 0 Å². The summed E-state index contributed by atoms with van der Waals surface area (Å²) in [6.07, 6.45) is 0. The summed E-state index contributed by atoms with van der Waals surface area (Å²) in [4.78, 5) is 0.220. The van der Waals surface area contributed by atoms with E-state index in [0.29, 0.717) is 11.3 Å². The standard InChI is InChI=1S/C17H16N2O3S/c1-12-10-15(14-6-4-3-5-7-14)8-9-16(12)23(20,21)19-17-11-13(2)22-18-17/h3-11H,1-2H3,(H,18,19). The minimum absolute atomic E-state index is 0.175. The van der Waals surface area contributed by atoms with Crippen molar-refractivity contribution in [3.8, 4) is 11.1 Å². The molecule has 0 aliphatic heterocycles. The molecule has 1 N–H and O–H groups in total. The highest BCUT2D eigenvalue weighted by Gasteiger charge is 2.19. The van der Waals surface area contributed by atoms with Gasteiger partial charge in [0.2, 0.25) is 0 Å². The van der Waals surface area contributed by atoms with E-state index in [9.17, 15) is 8.42 Å². The zero-order valence-electron chi connectivity index (χ0n) is 12.8. The molecule has 3 rings (SSSR count). The molecule has 0 amide bonds. The van der Waals surface area contributed by atoms with E-state index in [-0.39, 0.29) is 10.7 Å². The van der Waals surface area contributed by atoms with Gasteiger partial charge in [0, 0.05) is 6.07 Å². The van der Waals surface area contributed by atoms with Crippen LogP contribution in [0.15, 0.2) is 64.0 Å². The maximum atomic E-state index is 12.5. The van der Waals surface area contributed by atoms with Gasteiger partial charge >= 0.3 is 0 Å². The summed E-state index contributed by atoms with van der Waals surface area (Å²) in [5.74, 6) is 0.716. The third-order valence-corrected chi connectivity index (χ3v) is 4.95. The fourth-order valence-electron chi connectivity index (χ4n) is 2.37. The molecule has 0 saturated heterocycles. The van der Waals surface area contributed by atoms with E-state index >= 15 is 0 Å². The van der Waals surface area contributed by atoms with Crippen LogP contribution in [-0.4, -0.2) is 13.6 Å². The largest absolute Gasteiger partial charge is 0.360 e. The molecule has 6 heteroatoms. The molecule has 1 heterocycles. The minimum Gasteiger partial charge on any atom is -0.360 e. The lowest BCUT2D eigenvalue weighted by atomic mass is 10.0. The SMILES string of the molecule is Cc1cc(NS(=O)(=O)c2ccc(-c3ccccc3)cc2C)no1. The number of nitrogens with one attached hydrogen (secondary N) is 1. The van der Waals surface area contributed by atoms with Crippen LogP contribution in [0.4, 0.5) is 5.82 Å². The van der Waals surface area contributed by atoms with Gasteiger partial charge in [0.15, 0.2) is 5.82 Å². The average Bonchev–Trinajstić information content (AvgIpc) is 2.92. The number of hydrogen-bond acceptors (Lipinski definition) is 4. The Hall–Kier alpha value is -2.60. The maximum absolute atomic E-state index is 12.5. The lowest BCUT2D eigenvalue weighted by Crippen LogP contribution is -2.14. The number of hydrogen-bond donors (Lipinski definition) is 1. The van der Waals surface area contributed by atoms with Gasteiger partial charge in [0.1, 0.15) is 5.76 Å². The van der Waals surface area contributed by atoms with Crippen molar-refractivity contribution in [3.63, 3.8) is 0 Å². The molecule has 0 bridgehead atoms. The van der Waals surface area contributed by atoms with Gasteiger partial charge in [-0.05, 0) is 36.6 Å². The number of benzene rings is 2. The second-order valence-corrected chi connectivity index (χ2v) is 6.93. The van der Waals surface area contributed by atoms with Gasteiger partial charge in [0.05, 0.1) is 4.90 Å². The molecule has 5 nitrogen and oxygen atoms in total. The van der Waals surface area contributed by atoms with E-state index in [1.807, 2.05) is 36.4 Å². The third-order valence-electron chi connectivity index (χ3n) is 3.44. The first-order valence-corrected chi connectivity index (χ1v) is 8.56. The van der Waals surface area contributed by atoms with Crippen LogP contribution in [0.2, 0.25) is 0 Å². The average molecular weight is 328 g/mol. The van der Waals surface area contributed by atoms with Gasteiger partial charge < -0.3 is 4.52 Å². The van der Waals surface area contributed by atoms with E-state index in [2.05, 4.69) is 9.88 Å². The van der Waals surface area contributed by atoms with Crippen molar-refractivity contribution in [2.45, 2.75) is 18.7 Å². The first kappa shape index (κ1) is 15.3. The zero-order valence-corrected chi connectivity index (χ0v) is 13.6. The Kier molecular flexibility index (Phi) is 3.92. The molecule has 0 spiro atoms. The Morgan fingerprint density at radius 2 is 1.70 bits per heavy atom. The number of aryl methyl sites for hydroxylation is 2. The van der Waals surface area contributed by atoms with Crippen molar-refractivity contribution in [2.75, 3.05) is 4.72 Å². The van der Waals surface area contributed by atoms with Crippen LogP contribution in [0, 0.1) is 13.8 Å². The van der Waals surface area contributed by atoms with Crippen LogP contribution < -0.4 is 4.72 Å². The van der Waals surface area contributed by atoms with Gasteiger partial charge in [-0.25, -0.2) is 8.42 Å². The molecule has 0 aliphatic carbocycles. The first-order chi connectivity index (χ1) is 11.0. The van der Waals surface area contributed by atoms with Crippen molar-refractivity contribution >= 4 is 15.8 Å². The molecule has 118 valence electrons. The van der Waals surface area contributed by atoms with Crippen LogP contribution in [0.25, 0.3) is 11.1 Å².